The summed E-state index contributed by atoms with van der Waals surface area (Å²) in [5.74, 6) is -0.935. The van der Waals surface area contributed by atoms with E-state index in [1.165, 1.54) is 6.07 Å². The van der Waals surface area contributed by atoms with Crippen molar-refractivity contribution in [2.24, 2.45) is 5.73 Å². The SMILES string of the molecule is COCCN(C(C)COC)C(CN)c1cc(F)ccc1F. The van der Waals surface area contributed by atoms with Gasteiger partial charge in [0.05, 0.1) is 19.3 Å². The molecule has 0 spiro atoms. The molecule has 0 amide bonds. The van der Waals surface area contributed by atoms with Gasteiger partial charge in [-0.2, -0.15) is 0 Å². The Bertz CT molecular complexity index is 432. The predicted octanol–water partition coefficient (Wildman–Crippen LogP) is 1.95. The number of nitrogens with two attached hydrogens (primary N) is 1. The van der Waals surface area contributed by atoms with Gasteiger partial charge in [-0.25, -0.2) is 8.78 Å². The summed E-state index contributed by atoms with van der Waals surface area (Å²) in [5.41, 5.74) is 6.08. The highest BCUT2D eigenvalue weighted by atomic mass is 19.1. The molecule has 0 fully saturated rings. The topological polar surface area (TPSA) is 47.7 Å². The van der Waals surface area contributed by atoms with Gasteiger partial charge in [-0.1, -0.05) is 0 Å². The van der Waals surface area contributed by atoms with Gasteiger partial charge in [-0.3, -0.25) is 4.90 Å². The largest absolute Gasteiger partial charge is 0.383 e. The van der Waals surface area contributed by atoms with Crippen molar-refractivity contribution in [2.75, 3.05) is 40.5 Å². The molecular formula is C15H24F2N2O2. The normalized spacial score (nSPS) is 14.4. The van der Waals surface area contributed by atoms with Crippen LogP contribution >= 0.6 is 0 Å². The van der Waals surface area contributed by atoms with Gasteiger partial charge in [0.15, 0.2) is 0 Å². The molecule has 0 aliphatic heterocycles. The van der Waals surface area contributed by atoms with Crippen LogP contribution in [0.2, 0.25) is 0 Å². The molecule has 0 saturated carbocycles. The average Bonchev–Trinajstić information content (AvgIpc) is 2.46. The lowest BCUT2D eigenvalue weighted by Crippen LogP contribution is -2.44. The smallest absolute Gasteiger partial charge is 0.128 e. The molecule has 120 valence electrons. The quantitative estimate of drug-likeness (QED) is 0.757. The summed E-state index contributed by atoms with van der Waals surface area (Å²) < 4.78 is 37.7. The van der Waals surface area contributed by atoms with Crippen LogP contribution in [0.1, 0.15) is 18.5 Å². The number of halogens is 2. The second kappa shape index (κ2) is 9.04. The van der Waals surface area contributed by atoms with E-state index < -0.39 is 17.7 Å². The van der Waals surface area contributed by atoms with Crippen LogP contribution in [0.25, 0.3) is 0 Å². The summed E-state index contributed by atoms with van der Waals surface area (Å²) in [6.07, 6.45) is 0. The van der Waals surface area contributed by atoms with Crippen LogP contribution in [0.3, 0.4) is 0 Å². The van der Waals surface area contributed by atoms with Crippen molar-refractivity contribution in [3.05, 3.63) is 35.4 Å². The van der Waals surface area contributed by atoms with Crippen molar-refractivity contribution in [1.29, 1.82) is 0 Å². The maximum atomic E-state index is 14.0. The average molecular weight is 302 g/mol. The van der Waals surface area contributed by atoms with Crippen LogP contribution in [-0.4, -0.2) is 51.5 Å². The number of methoxy groups -OCH3 is 2. The number of hydrogen-bond acceptors (Lipinski definition) is 4. The summed E-state index contributed by atoms with van der Waals surface area (Å²) >= 11 is 0. The molecule has 2 unspecified atom stereocenters. The lowest BCUT2D eigenvalue weighted by molar-refractivity contribution is 0.0476. The van der Waals surface area contributed by atoms with Crippen molar-refractivity contribution in [3.8, 4) is 0 Å². The van der Waals surface area contributed by atoms with E-state index in [0.717, 1.165) is 12.1 Å². The molecule has 4 nitrogen and oxygen atoms in total. The van der Waals surface area contributed by atoms with E-state index in [0.29, 0.717) is 19.8 Å². The minimum Gasteiger partial charge on any atom is -0.383 e. The van der Waals surface area contributed by atoms with Gasteiger partial charge in [0.25, 0.3) is 0 Å². The first-order valence-electron chi connectivity index (χ1n) is 6.93. The lowest BCUT2D eigenvalue weighted by Gasteiger charge is -2.36. The second-order valence-electron chi connectivity index (χ2n) is 4.95. The van der Waals surface area contributed by atoms with Crippen LogP contribution in [0.4, 0.5) is 8.78 Å². The molecule has 1 aromatic rings. The van der Waals surface area contributed by atoms with Crippen molar-refractivity contribution in [2.45, 2.75) is 19.0 Å². The van der Waals surface area contributed by atoms with Crippen LogP contribution in [0.5, 0.6) is 0 Å². The highest BCUT2D eigenvalue weighted by molar-refractivity contribution is 5.23. The van der Waals surface area contributed by atoms with E-state index in [9.17, 15) is 8.78 Å². The molecule has 21 heavy (non-hydrogen) atoms. The third-order valence-electron chi connectivity index (χ3n) is 3.47. The third kappa shape index (κ3) is 5.00. The van der Waals surface area contributed by atoms with Crippen molar-refractivity contribution in [1.82, 2.24) is 4.90 Å². The third-order valence-corrected chi connectivity index (χ3v) is 3.47. The number of benzene rings is 1. The van der Waals surface area contributed by atoms with E-state index in [1.807, 2.05) is 11.8 Å². The zero-order valence-corrected chi connectivity index (χ0v) is 12.8. The summed E-state index contributed by atoms with van der Waals surface area (Å²) in [6.45, 7) is 3.63. The van der Waals surface area contributed by atoms with Gasteiger partial charge in [0.2, 0.25) is 0 Å². The summed E-state index contributed by atoms with van der Waals surface area (Å²) in [4.78, 5) is 1.98. The Hall–Kier alpha value is -1.08. The molecular weight excluding hydrogens is 278 g/mol. The molecule has 0 bridgehead atoms. The first-order valence-corrected chi connectivity index (χ1v) is 6.93. The maximum absolute atomic E-state index is 14.0. The van der Waals surface area contributed by atoms with Crippen LogP contribution in [0.15, 0.2) is 18.2 Å². The molecule has 0 aliphatic carbocycles. The maximum Gasteiger partial charge on any atom is 0.128 e. The molecule has 1 aromatic carbocycles. The molecule has 0 radical (unpaired) electrons. The zero-order chi connectivity index (χ0) is 15.8. The molecule has 0 aliphatic rings. The Labute approximate surface area is 124 Å². The van der Waals surface area contributed by atoms with Crippen LogP contribution in [-0.2, 0) is 9.47 Å². The highest BCUT2D eigenvalue weighted by Gasteiger charge is 2.26. The van der Waals surface area contributed by atoms with Gasteiger partial charge in [0, 0.05) is 38.9 Å². The minimum absolute atomic E-state index is 0.00127. The Morgan fingerprint density at radius 3 is 2.52 bits per heavy atom. The first kappa shape index (κ1) is 18.0. The number of hydrogen-bond donors (Lipinski definition) is 1. The van der Waals surface area contributed by atoms with Gasteiger partial charge in [-0.05, 0) is 25.1 Å². The summed E-state index contributed by atoms with van der Waals surface area (Å²) in [7, 11) is 3.20. The van der Waals surface area contributed by atoms with E-state index in [1.54, 1.807) is 14.2 Å². The standard InChI is InChI=1S/C15H24F2N2O2/c1-11(10-21-3)19(6-7-20-2)15(9-18)13-8-12(16)4-5-14(13)17/h4-5,8,11,15H,6-7,9-10,18H2,1-3H3. The number of ether oxygens (including phenoxy) is 2. The number of nitrogens with zero attached hydrogens (tertiary/aromatic N) is 1. The Balaban J connectivity index is 3.07. The Morgan fingerprint density at radius 1 is 1.24 bits per heavy atom. The van der Waals surface area contributed by atoms with Crippen LogP contribution < -0.4 is 5.73 Å². The van der Waals surface area contributed by atoms with Crippen molar-refractivity contribution < 1.29 is 18.3 Å². The molecule has 0 aromatic heterocycles. The second-order valence-corrected chi connectivity index (χ2v) is 4.95. The monoisotopic (exact) mass is 302 g/mol. The van der Waals surface area contributed by atoms with E-state index in [-0.39, 0.29) is 18.2 Å². The lowest BCUT2D eigenvalue weighted by atomic mass is 10.0. The zero-order valence-electron chi connectivity index (χ0n) is 12.8. The fourth-order valence-corrected chi connectivity index (χ4v) is 2.43. The predicted molar refractivity (Wildman–Crippen MR) is 78.1 cm³/mol. The van der Waals surface area contributed by atoms with Crippen molar-refractivity contribution in [3.63, 3.8) is 0 Å². The van der Waals surface area contributed by atoms with Crippen LogP contribution in [0, 0.1) is 11.6 Å². The Morgan fingerprint density at radius 2 is 1.95 bits per heavy atom. The van der Waals surface area contributed by atoms with Gasteiger partial charge < -0.3 is 15.2 Å². The first-order chi connectivity index (χ1) is 10.0. The fraction of sp³-hybridized carbons (Fsp3) is 0.600. The van der Waals surface area contributed by atoms with Gasteiger partial charge >= 0.3 is 0 Å². The highest BCUT2D eigenvalue weighted by Crippen LogP contribution is 2.25. The fourth-order valence-electron chi connectivity index (χ4n) is 2.43. The molecule has 0 heterocycles. The molecule has 2 N–H and O–H groups in total. The minimum atomic E-state index is -0.476. The Kier molecular flexibility index (Phi) is 7.74. The van der Waals surface area contributed by atoms with Crippen molar-refractivity contribution >= 4 is 0 Å². The van der Waals surface area contributed by atoms with E-state index in [4.69, 9.17) is 15.2 Å². The van der Waals surface area contributed by atoms with Gasteiger partial charge in [0.1, 0.15) is 11.6 Å². The summed E-state index contributed by atoms with van der Waals surface area (Å²) in [5, 5.41) is 0. The molecule has 1 rings (SSSR count). The molecule has 2 atom stereocenters. The van der Waals surface area contributed by atoms with E-state index >= 15 is 0 Å². The number of rotatable bonds is 9. The molecule has 0 saturated heterocycles. The van der Waals surface area contributed by atoms with E-state index in [2.05, 4.69) is 0 Å². The van der Waals surface area contributed by atoms with Gasteiger partial charge in [-0.15, -0.1) is 0 Å². The summed E-state index contributed by atoms with van der Waals surface area (Å²) in [6, 6.07) is 3.00. The molecule has 6 heteroatoms.